The van der Waals surface area contributed by atoms with Gasteiger partial charge in [-0.2, -0.15) is 9.78 Å². The molecule has 0 saturated carbocycles. The zero-order valence-corrected chi connectivity index (χ0v) is 18.8. The Bertz CT molecular complexity index is 1290. The van der Waals surface area contributed by atoms with E-state index in [-0.39, 0.29) is 16.3 Å². The van der Waals surface area contributed by atoms with Crippen LogP contribution in [0.1, 0.15) is 31.7 Å². The Kier molecular flexibility index (Phi) is 6.81. The van der Waals surface area contributed by atoms with E-state index in [9.17, 15) is 19.7 Å². The first-order valence-corrected chi connectivity index (χ1v) is 10.3. The van der Waals surface area contributed by atoms with E-state index >= 15 is 0 Å². The molecule has 0 aliphatic heterocycles. The molecular formula is C20H16BrClN4O5. The molecule has 0 atom stereocenters. The molecule has 0 aliphatic rings. The number of nitro benzene ring substituents is 1. The van der Waals surface area contributed by atoms with Crippen molar-refractivity contribution in [3.63, 3.8) is 0 Å². The van der Waals surface area contributed by atoms with Crippen LogP contribution in [0.5, 0.6) is 5.75 Å². The third-order valence-electron chi connectivity index (χ3n) is 4.17. The number of halogens is 2. The van der Waals surface area contributed by atoms with Gasteiger partial charge < -0.3 is 4.74 Å². The van der Waals surface area contributed by atoms with Gasteiger partial charge in [0.05, 0.1) is 22.0 Å². The number of aromatic nitrogens is 2. The molecule has 1 aromatic heterocycles. The molecule has 0 saturated heterocycles. The number of hydrogen-bond acceptors (Lipinski definition) is 7. The van der Waals surface area contributed by atoms with E-state index in [1.807, 2.05) is 6.92 Å². The molecule has 3 aromatic rings. The van der Waals surface area contributed by atoms with E-state index < -0.39 is 22.1 Å². The van der Waals surface area contributed by atoms with Crippen LogP contribution >= 0.6 is 27.5 Å². The quantitative estimate of drug-likeness (QED) is 0.160. The molecule has 160 valence electrons. The van der Waals surface area contributed by atoms with Crippen molar-refractivity contribution in [1.82, 2.24) is 9.66 Å². The summed E-state index contributed by atoms with van der Waals surface area (Å²) in [7, 11) is 0. The summed E-state index contributed by atoms with van der Waals surface area (Å²) in [5.41, 5.74) is -0.303. The average molecular weight is 508 g/mol. The van der Waals surface area contributed by atoms with Crippen LogP contribution in [0, 0.1) is 10.1 Å². The van der Waals surface area contributed by atoms with Crippen LogP contribution in [0.4, 0.5) is 5.69 Å². The summed E-state index contributed by atoms with van der Waals surface area (Å²) in [6.45, 7) is 3.05. The monoisotopic (exact) mass is 506 g/mol. The molecule has 0 unspecified atom stereocenters. The molecule has 2 aromatic carbocycles. The number of benzene rings is 2. The summed E-state index contributed by atoms with van der Waals surface area (Å²) < 4.78 is 6.87. The third-order valence-corrected chi connectivity index (χ3v) is 4.88. The van der Waals surface area contributed by atoms with Crippen molar-refractivity contribution < 1.29 is 14.5 Å². The van der Waals surface area contributed by atoms with Crippen molar-refractivity contribution in [1.29, 1.82) is 0 Å². The van der Waals surface area contributed by atoms with Crippen molar-refractivity contribution in [2.24, 2.45) is 5.10 Å². The summed E-state index contributed by atoms with van der Waals surface area (Å²) >= 11 is 9.34. The second-order valence-electron chi connectivity index (χ2n) is 6.50. The van der Waals surface area contributed by atoms with Crippen LogP contribution in [-0.2, 0) is 11.2 Å². The number of carbonyl (C=O) groups is 1. The van der Waals surface area contributed by atoms with Gasteiger partial charge in [0.15, 0.2) is 0 Å². The minimum Gasteiger partial charge on any atom is -0.419 e. The zero-order chi connectivity index (χ0) is 22.7. The summed E-state index contributed by atoms with van der Waals surface area (Å²) in [6, 6.07) is 7.58. The topological polar surface area (TPSA) is 117 Å². The molecule has 0 radical (unpaired) electrons. The number of nitrogens with zero attached hydrogens (tertiary/aromatic N) is 4. The van der Waals surface area contributed by atoms with Crippen LogP contribution in [0.15, 0.2) is 44.7 Å². The Hall–Kier alpha value is -3.11. The molecule has 0 aliphatic carbocycles. The van der Waals surface area contributed by atoms with Gasteiger partial charge in [-0.25, -0.2) is 4.98 Å². The Labute approximate surface area is 189 Å². The summed E-state index contributed by atoms with van der Waals surface area (Å²) in [5.74, 6) is -0.641. The van der Waals surface area contributed by atoms with Gasteiger partial charge in [0.25, 0.3) is 5.56 Å². The Morgan fingerprint density at radius 3 is 2.77 bits per heavy atom. The summed E-state index contributed by atoms with van der Waals surface area (Å²) in [5, 5.41) is 16.0. The number of rotatable bonds is 6. The van der Waals surface area contributed by atoms with E-state index in [0.29, 0.717) is 34.0 Å². The largest absolute Gasteiger partial charge is 0.419 e. The van der Waals surface area contributed by atoms with Gasteiger partial charge in [0.2, 0.25) is 5.75 Å². The molecule has 9 nitrogen and oxygen atoms in total. The molecule has 1 heterocycles. The highest BCUT2D eigenvalue weighted by molar-refractivity contribution is 9.10. The van der Waals surface area contributed by atoms with E-state index in [2.05, 4.69) is 26.0 Å². The predicted molar refractivity (Wildman–Crippen MR) is 120 cm³/mol. The maximum atomic E-state index is 13.1. The molecule has 3 rings (SSSR count). The van der Waals surface area contributed by atoms with Crippen LogP contribution < -0.4 is 10.3 Å². The number of carbonyl (C=O) groups excluding carboxylic acids is 1. The highest BCUT2D eigenvalue weighted by atomic mass is 79.9. The lowest BCUT2D eigenvalue weighted by atomic mass is 10.2. The number of ether oxygens (including phenoxy) is 1. The van der Waals surface area contributed by atoms with E-state index in [4.69, 9.17) is 16.3 Å². The van der Waals surface area contributed by atoms with Gasteiger partial charge in [0.1, 0.15) is 5.82 Å². The maximum Gasteiger partial charge on any atom is 0.313 e. The summed E-state index contributed by atoms with van der Waals surface area (Å²) in [6.07, 6.45) is 2.37. The first-order chi connectivity index (χ1) is 14.7. The van der Waals surface area contributed by atoms with E-state index in [0.717, 1.165) is 17.7 Å². The lowest BCUT2D eigenvalue weighted by Gasteiger charge is -2.10. The van der Waals surface area contributed by atoms with Crippen LogP contribution in [0.2, 0.25) is 5.02 Å². The number of hydrogen-bond donors (Lipinski definition) is 0. The third kappa shape index (κ3) is 4.97. The molecule has 11 heteroatoms. The molecule has 0 bridgehead atoms. The first kappa shape index (κ1) is 22.6. The van der Waals surface area contributed by atoms with Crippen molar-refractivity contribution in [2.45, 2.75) is 26.7 Å². The van der Waals surface area contributed by atoms with Crippen molar-refractivity contribution in [3.05, 3.63) is 71.7 Å². The zero-order valence-electron chi connectivity index (χ0n) is 16.5. The number of esters is 1. The second-order valence-corrected chi connectivity index (χ2v) is 7.85. The summed E-state index contributed by atoms with van der Waals surface area (Å²) in [4.78, 5) is 39.8. The molecule has 0 spiro atoms. The number of nitro groups is 1. The minimum absolute atomic E-state index is 0.0470. The van der Waals surface area contributed by atoms with Crippen molar-refractivity contribution >= 4 is 56.3 Å². The van der Waals surface area contributed by atoms with Crippen molar-refractivity contribution in [2.75, 3.05) is 0 Å². The molecule has 31 heavy (non-hydrogen) atoms. The van der Waals surface area contributed by atoms with Crippen molar-refractivity contribution in [3.8, 4) is 5.75 Å². The van der Waals surface area contributed by atoms with E-state index in [1.54, 1.807) is 18.2 Å². The Balaban J connectivity index is 2.22. The van der Waals surface area contributed by atoms with Crippen LogP contribution in [-0.4, -0.2) is 26.8 Å². The van der Waals surface area contributed by atoms with Gasteiger partial charge in [-0.15, -0.1) is 0 Å². The smallest absolute Gasteiger partial charge is 0.313 e. The van der Waals surface area contributed by atoms with Gasteiger partial charge in [-0.05, 0) is 30.7 Å². The van der Waals surface area contributed by atoms with Crippen LogP contribution in [0.25, 0.3) is 10.9 Å². The normalized spacial score (nSPS) is 11.2. The maximum absolute atomic E-state index is 13.1. The first-order valence-electron chi connectivity index (χ1n) is 9.13. The number of aryl methyl sites for hydroxylation is 1. The minimum atomic E-state index is -0.749. The highest BCUT2D eigenvalue weighted by Crippen LogP contribution is 2.34. The lowest BCUT2D eigenvalue weighted by Crippen LogP contribution is -2.22. The van der Waals surface area contributed by atoms with Gasteiger partial charge in [-0.3, -0.25) is 19.7 Å². The van der Waals surface area contributed by atoms with Gasteiger partial charge in [-0.1, -0.05) is 34.5 Å². The molecule has 0 N–H and O–H groups in total. The molecular weight excluding hydrogens is 492 g/mol. The average Bonchev–Trinajstić information content (AvgIpc) is 2.69. The highest BCUT2D eigenvalue weighted by Gasteiger charge is 2.22. The second kappa shape index (κ2) is 9.36. The van der Waals surface area contributed by atoms with E-state index in [1.165, 1.54) is 12.3 Å². The van der Waals surface area contributed by atoms with Gasteiger partial charge in [0, 0.05) is 34.5 Å². The SMILES string of the molecule is CCCc1nc2ccc(Br)cc2c(=O)n1N=Cc1cc(Cl)cc([N+](=O)[O-])c1OC(C)=O. The fourth-order valence-corrected chi connectivity index (χ4v) is 3.49. The van der Waals surface area contributed by atoms with Crippen LogP contribution in [0.3, 0.4) is 0 Å². The number of fused-ring (bicyclic) bond motifs is 1. The fourth-order valence-electron chi connectivity index (χ4n) is 2.91. The predicted octanol–water partition coefficient (Wildman–Crippen LogP) is 4.48. The fraction of sp³-hybridized carbons (Fsp3) is 0.200. The Morgan fingerprint density at radius 2 is 2.13 bits per heavy atom. The Morgan fingerprint density at radius 1 is 1.39 bits per heavy atom. The van der Waals surface area contributed by atoms with Gasteiger partial charge >= 0.3 is 11.7 Å². The standard InChI is InChI=1S/C20H16BrClN4O5/c1-3-4-18-24-16-6-5-13(21)8-15(16)20(28)25(18)23-10-12-7-14(22)9-17(26(29)30)19(12)31-11(2)27/h5-10H,3-4H2,1-2H3. The lowest BCUT2D eigenvalue weighted by molar-refractivity contribution is -0.385. The molecule has 0 fully saturated rings. The molecule has 0 amide bonds.